The fraction of sp³-hybridized carbons (Fsp3) is 0.316. The van der Waals surface area contributed by atoms with Gasteiger partial charge in [-0.3, -0.25) is 4.79 Å². The molecule has 1 aliphatic heterocycles. The summed E-state index contributed by atoms with van der Waals surface area (Å²) in [4.78, 5) is 14.4. The lowest BCUT2D eigenvalue weighted by atomic mass is 9.89. The molecule has 2 aromatic rings. The summed E-state index contributed by atoms with van der Waals surface area (Å²) < 4.78 is 19.2. The monoisotopic (exact) mass is 328 g/mol. The van der Waals surface area contributed by atoms with Gasteiger partial charge in [0.15, 0.2) is 0 Å². The van der Waals surface area contributed by atoms with Crippen molar-refractivity contribution in [2.45, 2.75) is 5.92 Å². The maximum Gasteiger partial charge on any atom is 0.256 e. The van der Waals surface area contributed by atoms with E-state index in [-0.39, 0.29) is 23.3 Å². The summed E-state index contributed by atoms with van der Waals surface area (Å²) in [6.45, 7) is 1.59. The Bertz CT molecular complexity index is 721. The summed E-state index contributed by atoms with van der Waals surface area (Å²) in [6.07, 6.45) is 0. The molecule has 24 heavy (non-hydrogen) atoms. The van der Waals surface area contributed by atoms with Crippen LogP contribution in [0.5, 0.6) is 5.75 Å². The maximum atomic E-state index is 14.2. The number of carbonyl (C=O) groups is 1. The molecular weight excluding hydrogens is 307 g/mol. The van der Waals surface area contributed by atoms with Gasteiger partial charge in [0, 0.05) is 25.1 Å². The van der Waals surface area contributed by atoms with Crippen molar-refractivity contribution < 1.29 is 13.9 Å². The van der Waals surface area contributed by atoms with Crippen LogP contribution in [0.3, 0.4) is 0 Å². The second-order valence-corrected chi connectivity index (χ2v) is 6.07. The van der Waals surface area contributed by atoms with Crippen LogP contribution >= 0.6 is 0 Å². The van der Waals surface area contributed by atoms with E-state index >= 15 is 0 Å². The molecule has 1 fully saturated rings. The molecule has 1 heterocycles. The van der Waals surface area contributed by atoms with Gasteiger partial charge in [-0.1, -0.05) is 30.3 Å². The number of rotatable bonds is 4. The number of nitrogens with zero attached hydrogens (tertiary/aromatic N) is 1. The number of hydrogen-bond donors (Lipinski definition) is 1. The van der Waals surface area contributed by atoms with Crippen molar-refractivity contribution in [1.82, 2.24) is 4.90 Å². The number of methoxy groups -OCH3 is 1. The largest absolute Gasteiger partial charge is 0.497 e. The molecule has 126 valence electrons. The summed E-state index contributed by atoms with van der Waals surface area (Å²) in [5.74, 6) is -0.106. The van der Waals surface area contributed by atoms with E-state index in [1.807, 2.05) is 18.2 Å². The number of carbonyl (C=O) groups excluding carboxylic acids is 1. The Morgan fingerprint density at radius 3 is 2.62 bits per heavy atom. The maximum absolute atomic E-state index is 14.2. The zero-order chi connectivity index (χ0) is 17.1. The first-order chi connectivity index (χ1) is 11.6. The predicted molar refractivity (Wildman–Crippen MR) is 90.6 cm³/mol. The first kappa shape index (κ1) is 16.5. The third-order valence-electron chi connectivity index (χ3n) is 4.67. The Kier molecular flexibility index (Phi) is 4.81. The fourth-order valence-electron chi connectivity index (χ4n) is 3.32. The number of benzene rings is 2. The lowest BCUT2D eigenvalue weighted by Gasteiger charge is -2.17. The van der Waals surface area contributed by atoms with E-state index in [2.05, 4.69) is 12.1 Å². The molecular formula is C19H21FN2O2. The second-order valence-electron chi connectivity index (χ2n) is 6.07. The zero-order valence-corrected chi connectivity index (χ0v) is 13.6. The second kappa shape index (κ2) is 7.01. The van der Waals surface area contributed by atoms with Crippen LogP contribution in [0.1, 0.15) is 21.8 Å². The normalized spacial score (nSPS) is 20.2. The number of halogens is 1. The quantitative estimate of drug-likeness (QED) is 0.939. The Balaban J connectivity index is 1.82. The first-order valence-electron chi connectivity index (χ1n) is 8.02. The minimum Gasteiger partial charge on any atom is -0.497 e. The summed E-state index contributed by atoms with van der Waals surface area (Å²) in [6, 6.07) is 14.3. The van der Waals surface area contributed by atoms with Crippen molar-refractivity contribution in [3.8, 4) is 5.75 Å². The molecule has 5 heteroatoms. The lowest BCUT2D eigenvalue weighted by molar-refractivity contribution is 0.0781. The molecule has 1 saturated heterocycles. The van der Waals surface area contributed by atoms with Crippen molar-refractivity contribution >= 4 is 5.91 Å². The number of amides is 1. The number of ether oxygens (including phenoxy) is 1. The molecule has 0 radical (unpaired) electrons. The van der Waals surface area contributed by atoms with Crippen LogP contribution < -0.4 is 10.5 Å². The molecule has 0 bridgehead atoms. The van der Waals surface area contributed by atoms with Crippen LogP contribution in [0.15, 0.2) is 48.5 Å². The van der Waals surface area contributed by atoms with Crippen LogP contribution in [-0.4, -0.2) is 37.6 Å². The van der Waals surface area contributed by atoms with Crippen molar-refractivity contribution in [1.29, 1.82) is 0 Å². The predicted octanol–water partition coefficient (Wildman–Crippen LogP) is 2.65. The topological polar surface area (TPSA) is 55.6 Å². The van der Waals surface area contributed by atoms with E-state index in [9.17, 15) is 9.18 Å². The summed E-state index contributed by atoms with van der Waals surface area (Å²) in [5.41, 5.74) is 7.14. The number of nitrogens with two attached hydrogens (primary N) is 1. The Morgan fingerprint density at radius 1 is 1.25 bits per heavy atom. The SMILES string of the molecule is COc1ccc(C(=O)N2C[C@@H](CN)[C@H](c3ccccc3)C2)c(F)c1. The van der Waals surface area contributed by atoms with Crippen LogP contribution in [-0.2, 0) is 0 Å². The summed E-state index contributed by atoms with van der Waals surface area (Å²) in [5, 5.41) is 0. The van der Waals surface area contributed by atoms with E-state index < -0.39 is 5.82 Å². The van der Waals surface area contributed by atoms with Gasteiger partial charge in [-0.2, -0.15) is 0 Å². The molecule has 2 atom stereocenters. The van der Waals surface area contributed by atoms with Crippen LogP contribution in [0.2, 0.25) is 0 Å². The van der Waals surface area contributed by atoms with Gasteiger partial charge in [0.25, 0.3) is 5.91 Å². The minimum atomic E-state index is -0.563. The van der Waals surface area contributed by atoms with E-state index in [0.717, 1.165) is 0 Å². The van der Waals surface area contributed by atoms with Crippen LogP contribution in [0.25, 0.3) is 0 Å². The third-order valence-corrected chi connectivity index (χ3v) is 4.67. The molecule has 4 nitrogen and oxygen atoms in total. The van der Waals surface area contributed by atoms with Gasteiger partial charge < -0.3 is 15.4 Å². The average Bonchev–Trinajstić information content (AvgIpc) is 3.06. The highest BCUT2D eigenvalue weighted by atomic mass is 19.1. The highest BCUT2D eigenvalue weighted by Crippen LogP contribution is 2.33. The van der Waals surface area contributed by atoms with Gasteiger partial charge >= 0.3 is 0 Å². The van der Waals surface area contributed by atoms with Crippen molar-refractivity contribution in [3.05, 3.63) is 65.5 Å². The van der Waals surface area contributed by atoms with E-state index in [4.69, 9.17) is 10.5 Å². The van der Waals surface area contributed by atoms with Gasteiger partial charge in [0.2, 0.25) is 0 Å². The summed E-state index contributed by atoms with van der Waals surface area (Å²) >= 11 is 0. The Morgan fingerprint density at radius 2 is 2.00 bits per heavy atom. The highest BCUT2D eigenvalue weighted by molar-refractivity contribution is 5.95. The molecule has 2 N–H and O–H groups in total. The van der Waals surface area contributed by atoms with Gasteiger partial charge in [-0.15, -0.1) is 0 Å². The molecule has 1 amide bonds. The number of hydrogen-bond acceptors (Lipinski definition) is 3. The van der Waals surface area contributed by atoms with Crippen LogP contribution in [0, 0.1) is 11.7 Å². The van der Waals surface area contributed by atoms with Crippen molar-refractivity contribution in [2.24, 2.45) is 11.7 Å². The fourth-order valence-corrected chi connectivity index (χ4v) is 3.32. The zero-order valence-electron chi connectivity index (χ0n) is 13.6. The Labute approximate surface area is 141 Å². The van der Waals surface area contributed by atoms with E-state index in [0.29, 0.717) is 25.4 Å². The molecule has 3 rings (SSSR count). The average molecular weight is 328 g/mol. The summed E-state index contributed by atoms with van der Waals surface area (Å²) in [7, 11) is 1.47. The van der Waals surface area contributed by atoms with Crippen molar-refractivity contribution in [3.63, 3.8) is 0 Å². The third kappa shape index (κ3) is 3.12. The molecule has 2 aromatic carbocycles. The molecule has 0 saturated carbocycles. The standard InChI is InChI=1S/C19H21FN2O2/c1-24-15-7-8-16(18(20)9-15)19(23)22-11-14(10-21)17(12-22)13-5-3-2-4-6-13/h2-9,14,17H,10-12,21H2,1H3/t14-,17+/m1/s1. The van der Waals surface area contributed by atoms with Crippen molar-refractivity contribution in [2.75, 3.05) is 26.7 Å². The van der Waals surface area contributed by atoms with Gasteiger partial charge in [0.1, 0.15) is 11.6 Å². The Hall–Kier alpha value is -2.40. The van der Waals surface area contributed by atoms with E-state index in [1.54, 1.807) is 11.0 Å². The molecule has 1 aliphatic rings. The van der Waals surface area contributed by atoms with Gasteiger partial charge in [-0.05, 0) is 30.2 Å². The lowest BCUT2D eigenvalue weighted by Crippen LogP contribution is -2.30. The minimum absolute atomic E-state index is 0.0697. The number of likely N-dealkylation sites (tertiary alicyclic amines) is 1. The highest BCUT2D eigenvalue weighted by Gasteiger charge is 2.36. The molecule has 0 unspecified atom stereocenters. The van der Waals surface area contributed by atoms with Gasteiger partial charge in [-0.25, -0.2) is 4.39 Å². The molecule has 0 spiro atoms. The van der Waals surface area contributed by atoms with E-state index in [1.165, 1.54) is 24.8 Å². The first-order valence-corrected chi connectivity index (χ1v) is 8.02. The molecule has 0 aliphatic carbocycles. The molecule has 0 aromatic heterocycles. The van der Waals surface area contributed by atoms with Crippen LogP contribution in [0.4, 0.5) is 4.39 Å². The smallest absolute Gasteiger partial charge is 0.256 e. The van der Waals surface area contributed by atoms with Gasteiger partial charge in [0.05, 0.1) is 12.7 Å².